The summed E-state index contributed by atoms with van der Waals surface area (Å²) in [5.41, 5.74) is 2.21. The Morgan fingerprint density at radius 1 is 1.28 bits per heavy atom. The van der Waals surface area contributed by atoms with E-state index >= 15 is 0 Å². The van der Waals surface area contributed by atoms with Crippen LogP contribution in [0.25, 0.3) is 11.6 Å². The van der Waals surface area contributed by atoms with Gasteiger partial charge in [0.1, 0.15) is 5.69 Å². The highest BCUT2D eigenvalue weighted by Crippen LogP contribution is 2.43. The topological polar surface area (TPSA) is 70.4 Å². The van der Waals surface area contributed by atoms with Crippen molar-refractivity contribution >= 4 is 46.9 Å². The van der Waals surface area contributed by atoms with Crippen LogP contribution < -0.4 is 5.69 Å². The molecule has 2 aromatic carbocycles. The van der Waals surface area contributed by atoms with Gasteiger partial charge in [-0.3, -0.25) is 9.56 Å². The molecule has 9 heteroatoms. The minimum Gasteiger partial charge on any atom is -0.493 e. The molecule has 0 aliphatic carbocycles. The zero-order valence-corrected chi connectivity index (χ0v) is 16.6. The number of aromatic nitrogens is 2. The number of allylic oxidation sites excluding steroid dienone is 1. The number of aliphatic imine (C=N–C) groups is 1. The third-order valence-corrected chi connectivity index (χ3v) is 5.79. The number of aromatic hydroxyl groups is 1. The second kappa shape index (κ2) is 7.53. The molecule has 0 saturated heterocycles. The zero-order valence-electron chi connectivity index (χ0n) is 15.0. The van der Waals surface area contributed by atoms with E-state index in [0.29, 0.717) is 16.2 Å². The van der Waals surface area contributed by atoms with Crippen LogP contribution in [0.1, 0.15) is 16.8 Å². The number of hydrogen-bond donors (Lipinski definition) is 2. The molecule has 0 atom stereocenters. The Morgan fingerprint density at radius 3 is 2.79 bits per heavy atom. The number of thioether (sulfide) groups is 1. The standard InChI is InChI=1S/C20H14ClF2N3O2S/c1-29-18-13(21)4-3-12-11(8-24-17(12)18)7-16-19(27)26(20(28)25-16)9-10-2-5-14(22)15(23)6-10/h2-8,27H,9H2,1H3,(H,25,28). The molecule has 0 saturated carbocycles. The first kappa shape index (κ1) is 19.5. The molecule has 1 aliphatic rings. The minimum atomic E-state index is -1.02. The van der Waals surface area contributed by atoms with Gasteiger partial charge < -0.3 is 10.1 Å². The lowest BCUT2D eigenvalue weighted by atomic mass is 10.1. The Kier molecular flexibility index (Phi) is 5.06. The van der Waals surface area contributed by atoms with Gasteiger partial charge in [0.15, 0.2) is 11.6 Å². The summed E-state index contributed by atoms with van der Waals surface area (Å²) in [5, 5.41) is 11.1. The van der Waals surface area contributed by atoms with Gasteiger partial charge in [0.05, 0.1) is 22.2 Å². The number of halogens is 3. The fraction of sp³-hybridized carbons (Fsp3) is 0.100. The van der Waals surface area contributed by atoms with Crippen LogP contribution in [0.3, 0.4) is 0 Å². The Labute approximate surface area is 173 Å². The summed E-state index contributed by atoms with van der Waals surface area (Å²) < 4.78 is 27.6. The van der Waals surface area contributed by atoms with Gasteiger partial charge in [0.2, 0.25) is 5.88 Å². The molecule has 29 heavy (non-hydrogen) atoms. The predicted octanol–water partition coefficient (Wildman–Crippen LogP) is 4.84. The van der Waals surface area contributed by atoms with Crippen LogP contribution in [0.4, 0.5) is 14.5 Å². The third-order valence-electron chi connectivity index (χ3n) is 4.54. The highest BCUT2D eigenvalue weighted by atomic mass is 35.5. The molecular weight excluding hydrogens is 420 g/mol. The van der Waals surface area contributed by atoms with E-state index in [2.05, 4.69) is 9.98 Å². The van der Waals surface area contributed by atoms with E-state index in [0.717, 1.165) is 32.8 Å². The third kappa shape index (κ3) is 3.49. The van der Waals surface area contributed by atoms with E-state index in [9.17, 15) is 18.7 Å². The van der Waals surface area contributed by atoms with Crippen molar-refractivity contribution < 1.29 is 13.9 Å². The van der Waals surface area contributed by atoms with Gasteiger partial charge in [-0.1, -0.05) is 23.7 Å². The van der Waals surface area contributed by atoms with Crippen LogP contribution in [-0.4, -0.2) is 27.1 Å². The quantitative estimate of drug-likeness (QED) is 0.578. The molecule has 1 aliphatic heterocycles. The van der Waals surface area contributed by atoms with Crippen molar-refractivity contribution in [2.24, 2.45) is 4.99 Å². The van der Waals surface area contributed by atoms with Crippen molar-refractivity contribution in [3.8, 4) is 5.88 Å². The van der Waals surface area contributed by atoms with E-state index in [4.69, 9.17) is 11.6 Å². The van der Waals surface area contributed by atoms with E-state index in [-0.39, 0.29) is 18.1 Å². The van der Waals surface area contributed by atoms with E-state index in [1.54, 1.807) is 18.4 Å². The number of benzene rings is 2. The molecule has 0 fully saturated rings. The molecule has 2 N–H and O–H groups in total. The number of hydrogen-bond acceptors (Lipinski definition) is 4. The Bertz CT molecular complexity index is 1250. The first-order chi connectivity index (χ1) is 13.9. The lowest BCUT2D eigenvalue weighted by Gasteiger charge is -2.07. The fourth-order valence-corrected chi connectivity index (χ4v) is 4.13. The largest absolute Gasteiger partial charge is 0.493 e. The van der Waals surface area contributed by atoms with E-state index in [1.165, 1.54) is 17.8 Å². The Morgan fingerprint density at radius 2 is 2.07 bits per heavy atom. The van der Waals surface area contributed by atoms with Crippen molar-refractivity contribution in [3.63, 3.8) is 0 Å². The van der Waals surface area contributed by atoms with Gasteiger partial charge in [0, 0.05) is 17.4 Å². The van der Waals surface area contributed by atoms with Gasteiger partial charge in [0.25, 0.3) is 0 Å². The number of nitrogens with zero attached hydrogens (tertiary/aromatic N) is 2. The monoisotopic (exact) mass is 433 g/mol. The van der Waals surface area contributed by atoms with Crippen LogP contribution in [0.5, 0.6) is 5.88 Å². The predicted molar refractivity (Wildman–Crippen MR) is 111 cm³/mol. The SMILES string of the molecule is CSc1c(Cl)ccc2c1N=CC2=Cc1[nH]c(=O)n(Cc2ccc(F)c(F)c2)c1O. The summed E-state index contributed by atoms with van der Waals surface area (Å²) >= 11 is 7.69. The molecule has 5 nitrogen and oxygen atoms in total. The molecule has 0 amide bonds. The van der Waals surface area contributed by atoms with Crippen molar-refractivity contribution in [1.29, 1.82) is 0 Å². The maximum absolute atomic E-state index is 13.4. The molecule has 0 spiro atoms. The van der Waals surface area contributed by atoms with E-state index < -0.39 is 17.3 Å². The van der Waals surface area contributed by atoms with Crippen molar-refractivity contribution in [2.75, 3.05) is 6.26 Å². The maximum atomic E-state index is 13.4. The second-order valence-electron chi connectivity index (χ2n) is 6.34. The molecular formula is C20H14ClF2N3O2S. The number of imidazole rings is 1. The molecule has 148 valence electrons. The van der Waals surface area contributed by atoms with Crippen LogP contribution in [0, 0.1) is 11.6 Å². The first-order valence-corrected chi connectivity index (χ1v) is 10.1. The van der Waals surface area contributed by atoms with Crippen LogP contribution >= 0.6 is 23.4 Å². The van der Waals surface area contributed by atoms with E-state index in [1.807, 2.05) is 12.3 Å². The summed E-state index contributed by atoms with van der Waals surface area (Å²) in [7, 11) is 0. The van der Waals surface area contributed by atoms with Gasteiger partial charge in [-0.2, -0.15) is 0 Å². The average Bonchev–Trinajstić information content (AvgIpc) is 3.21. The van der Waals surface area contributed by atoms with Gasteiger partial charge in [-0.15, -0.1) is 11.8 Å². The van der Waals surface area contributed by atoms with Gasteiger partial charge in [-0.25, -0.2) is 13.6 Å². The minimum absolute atomic E-state index is 0.113. The van der Waals surface area contributed by atoms with Crippen molar-refractivity contribution in [3.05, 3.63) is 74.3 Å². The summed E-state index contributed by atoms with van der Waals surface area (Å²) in [5.74, 6) is -2.31. The number of aromatic amines is 1. The Balaban J connectivity index is 1.71. The fourth-order valence-electron chi connectivity index (χ4n) is 3.12. The number of H-pyrrole nitrogens is 1. The van der Waals surface area contributed by atoms with Gasteiger partial charge >= 0.3 is 5.69 Å². The zero-order chi connectivity index (χ0) is 20.7. The molecule has 3 aromatic rings. The summed E-state index contributed by atoms with van der Waals surface area (Å²) in [6, 6.07) is 6.90. The van der Waals surface area contributed by atoms with Crippen molar-refractivity contribution in [2.45, 2.75) is 11.4 Å². The van der Waals surface area contributed by atoms with Crippen LogP contribution in [-0.2, 0) is 6.54 Å². The normalized spacial score (nSPS) is 14.0. The highest BCUT2D eigenvalue weighted by Gasteiger charge is 2.20. The lowest BCUT2D eigenvalue weighted by molar-refractivity contribution is 0.420. The summed E-state index contributed by atoms with van der Waals surface area (Å²) in [6.45, 7) is -0.113. The number of nitrogens with one attached hydrogen (secondary N) is 1. The van der Waals surface area contributed by atoms with Crippen molar-refractivity contribution in [1.82, 2.24) is 9.55 Å². The molecule has 0 unspecified atom stereocenters. The van der Waals surface area contributed by atoms with Gasteiger partial charge in [-0.05, 0) is 36.1 Å². The number of fused-ring (bicyclic) bond motifs is 1. The lowest BCUT2D eigenvalue weighted by Crippen LogP contribution is -2.17. The molecule has 2 heterocycles. The average molecular weight is 434 g/mol. The first-order valence-electron chi connectivity index (χ1n) is 8.47. The highest BCUT2D eigenvalue weighted by molar-refractivity contribution is 7.98. The Hall–Kier alpha value is -2.84. The summed E-state index contributed by atoms with van der Waals surface area (Å²) in [4.78, 5) is 20.1. The molecule has 0 radical (unpaired) electrons. The molecule has 4 rings (SSSR count). The van der Waals surface area contributed by atoms with Crippen LogP contribution in [0.15, 0.2) is 45.0 Å². The molecule has 0 bridgehead atoms. The van der Waals surface area contributed by atoms with Crippen LogP contribution in [0.2, 0.25) is 5.02 Å². The summed E-state index contributed by atoms with van der Waals surface area (Å²) in [6.07, 6.45) is 5.14. The smallest absolute Gasteiger partial charge is 0.329 e. The maximum Gasteiger partial charge on any atom is 0.329 e. The second-order valence-corrected chi connectivity index (χ2v) is 7.56. The number of rotatable bonds is 4. The molecule has 1 aromatic heterocycles.